The molecule has 1 amide bonds. The van der Waals surface area contributed by atoms with Crippen molar-refractivity contribution in [3.8, 4) is 6.07 Å². The summed E-state index contributed by atoms with van der Waals surface area (Å²) in [6.07, 6.45) is 1.37. The molecule has 0 aliphatic heterocycles. The van der Waals surface area contributed by atoms with Gasteiger partial charge in [0.25, 0.3) is 5.91 Å². The van der Waals surface area contributed by atoms with Gasteiger partial charge in [0.05, 0.1) is 18.6 Å². The lowest BCUT2D eigenvalue weighted by atomic mass is 10.1. The van der Waals surface area contributed by atoms with Crippen LogP contribution in [0.2, 0.25) is 0 Å². The molecule has 7 nitrogen and oxygen atoms in total. The number of nitrogens with one attached hydrogen (secondary N) is 1. The molecular weight excluding hydrogens is 336 g/mol. The molecule has 0 aliphatic carbocycles. The van der Waals surface area contributed by atoms with Gasteiger partial charge in [0.15, 0.2) is 0 Å². The van der Waals surface area contributed by atoms with Crippen molar-refractivity contribution < 1.29 is 24.2 Å². The molecule has 130 valence electrons. The summed E-state index contributed by atoms with van der Waals surface area (Å²) in [5, 5.41) is 22.4. The molecule has 0 unspecified atom stereocenters. The second-order valence-electron chi connectivity index (χ2n) is 5.10. The number of carboxylic acids is 1. The first kappa shape index (κ1) is 18.4. The summed E-state index contributed by atoms with van der Waals surface area (Å²) in [5.41, 5.74) is 1.06. The van der Waals surface area contributed by atoms with Gasteiger partial charge in [0.2, 0.25) is 0 Å². The van der Waals surface area contributed by atoms with Crippen LogP contribution in [-0.2, 0) is 9.53 Å². The summed E-state index contributed by atoms with van der Waals surface area (Å²) in [4.78, 5) is 34.3. The number of hydrogen-bond acceptors (Lipinski definition) is 6. The van der Waals surface area contributed by atoms with E-state index in [0.717, 1.165) is 0 Å². The molecule has 2 aromatic rings. The molecular formula is C19H13N2O5-. The predicted molar refractivity (Wildman–Crippen MR) is 90.8 cm³/mol. The molecule has 0 aliphatic rings. The number of carboxylic acid groups (broad SMARTS) is 1. The molecule has 2 rings (SSSR count). The average Bonchev–Trinajstić information content (AvgIpc) is 2.66. The highest BCUT2D eigenvalue weighted by atomic mass is 16.5. The maximum atomic E-state index is 12.2. The number of nitrogens with zero attached hydrogens (tertiary/aromatic N) is 1. The van der Waals surface area contributed by atoms with Crippen molar-refractivity contribution in [2.45, 2.75) is 0 Å². The number of carbonyl (C=O) groups excluding carboxylic acids is 3. The first-order valence-electron chi connectivity index (χ1n) is 7.37. The van der Waals surface area contributed by atoms with Crippen LogP contribution in [0, 0.1) is 11.3 Å². The fraction of sp³-hybridized carbons (Fsp3) is 0.0526. The SMILES string of the molecule is COC(=O)c1ccc(/C=C(\C#N)C(=O)Nc2ccc(C(=O)[O-])cc2)cc1. The van der Waals surface area contributed by atoms with E-state index < -0.39 is 17.8 Å². The minimum Gasteiger partial charge on any atom is -0.545 e. The maximum Gasteiger partial charge on any atom is 0.337 e. The fourth-order valence-electron chi connectivity index (χ4n) is 2.04. The third-order valence-electron chi connectivity index (χ3n) is 3.39. The number of anilines is 1. The fourth-order valence-corrected chi connectivity index (χ4v) is 2.04. The second-order valence-corrected chi connectivity index (χ2v) is 5.10. The van der Waals surface area contributed by atoms with Crippen LogP contribution < -0.4 is 10.4 Å². The van der Waals surface area contributed by atoms with Gasteiger partial charge >= 0.3 is 5.97 Å². The molecule has 7 heteroatoms. The number of benzene rings is 2. The minimum atomic E-state index is -1.32. The van der Waals surface area contributed by atoms with E-state index in [2.05, 4.69) is 10.1 Å². The van der Waals surface area contributed by atoms with Crippen molar-refractivity contribution >= 4 is 29.6 Å². The van der Waals surface area contributed by atoms with Crippen LogP contribution in [0.1, 0.15) is 26.3 Å². The number of aromatic carboxylic acids is 1. The number of esters is 1. The van der Waals surface area contributed by atoms with Crippen molar-refractivity contribution in [2.75, 3.05) is 12.4 Å². The van der Waals surface area contributed by atoms with Gasteiger partial charge in [-0.25, -0.2) is 4.79 Å². The van der Waals surface area contributed by atoms with E-state index in [1.807, 2.05) is 0 Å². The minimum absolute atomic E-state index is 0.0234. The number of methoxy groups -OCH3 is 1. The highest BCUT2D eigenvalue weighted by molar-refractivity contribution is 6.09. The van der Waals surface area contributed by atoms with Crippen LogP contribution in [0.5, 0.6) is 0 Å². The third-order valence-corrected chi connectivity index (χ3v) is 3.39. The van der Waals surface area contributed by atoms with Gasteiger partial charge in [-0.15, -0.1) is 0 Å². The Kier molecular flexibility index (Phi) is 5.85. The Labute approximate surface area is 149 Å². The summed E-state index contributed by atoms with van der Waals surface area (Å²) < 4.78 is 4.59. The highest BCUT2D eigenvalue weighted by Crippen LogP contribution is 2.13. The lowest BCUT2D eigenvalue weighted by Gasteiger charge is -2.06. The van der Waals surface area contributed by atoms with E-state index in [9.17, 15) is 24.8 Å². The topological polar surface area (TPSA) is 119 Å². The summed E-state index contributed by atoms with van der Waals surface area (Å²) >= 11 is 0. The summed E-state index contributed by atoms with van der Waals surface area (Å²) in [7, 11) is 1.27. The monoisotopic (exact) mass is 349 g/mol. The summed E-state index contributed by atoms with van der Waals surface area (Å²) in [6, 6.07) is 13.3. The van der Waals surface area contributed by atoms with Crippen molar-refractivity contribution in [1.82, 2.24) is 0 Å². The van der Waals surface area contributed by atoms with E-state index >= 15 is 0 Å². The molecule has 0 fully saturated rings. The lowest BCUT2D eigenvalue weighted by Crippen LogP contribution is -2.22. The number of rotatable bonds is 5. The molecule has 2 aromatic carbocycles. The maximum absolute atomic E-state index is 12.2. The van der Waals surface area contributed by atoms with Gasteiger partial charge in [0, 0.05) is 5.69 Å². The van der Waals surface area contributed by atoms with Gasteiger partial charge in [-0.1, -0.05) is 24.3 Å². The molecule has 0 saturated heterocycles. The van der Waals surface area contributed by atoms with E-state index in [1.54, 1.807) is 18.2 Å². The zero-order valence-corrected chi connectivity index (χ0v) is 13.7. The molecule has 0 bridgehead atoms. The Hall–Kier alpha value is -3.92. The van der Waals surface area contributed by atoms with Gasteiger partial charge < -0.3 is 20.0 Å². The molecule has 0 radical (unpaired) electrons. The Morgan fingerprint density at radius 1 is 1.04 bits per heavy atom. The van der Waals surface area contributed by atoms with Crippen molar-refractivity contribution in [1.29, 1.82) is 5.26 Å². The Morgan fingerprint density at radius 3 is 2.12 bits per heavy atom. The molecule has 0 heterocycles. The molecule has 0 spiro atoms. The molecule has 26 heavy (non-hydrogen) atoms. The Bertz CT molecular complexity index is 906. The van der Waals surface area contributed by atoms with E-state index in [-0.39, 0.29) is 11.1 Å². The molecule has 1 N–H and O–H groups in total. The summed E-state index contributed by atoms with van der Waals surface area (Å²) in [6.45, 7) is 0. The number of carbonyl (C=O) groups is 3. The van der Waals surface area contributed by atoms with E-state index in [1.165, 1.54) is 49.6 Å². The van der Waals surface area contributed by atoms with Crippen LogP contribution in [0.3, 0.4) is 0 Å². The van der Waals surface area contributed by atoms with Gasteiger partial charge in [-0.05, 0) is 41.5 Å². The van der Waals surface area contributed by atoms with Crippen LogP contribution in [0.4, 0.5) is 5.69 Å². The Morgan fingerprint density at radius 2 is 1.62 bits per heavy atom. The standard InChI is InChI=1S/C19H14N2O5/c1-26-19(25)14-4-2-12(3-5-14)10-15(11-20)17(22)21-16-8-6-13(7-9-16)18(23)24/h2-10H,1H3,(H,21,22)(H,23,24)/p-1/b15-10+. The Balaban J connectivity index is 2.15. The zero-order chi connectivity index (χ0) is 19.1. The normalized spacial score (nSPS) is 10.5. The van der Waals surface area contributed by atoms with Crippen molar-refractivity contribution in [3.63, 3.8) is 0 Å². The van der Waals surface area contributed by atoms with Crippen molar-refractivity contribution in [3.05, 3.63) is 70.8 Å². The van der Waals surface area contributed by atoms with Gasteiger partial charge in [0.1, 0.15) is 11.6 Å². The molecule has 0 atom stereocenters. The zero-order valence-electron chi connectivity index (χ0n) is 13.7. The lowest BCUT2D eigenvalue weighted by molar-refractivity contribution is -0.255. The van der Waals surface area contributed by atoms with Crippen molar-refractivity contribution in [2.24, 2.45) is 0 Å². The van der Waals surface area contributed by atoms with E-state index in [4.69, 9.17) is 0 Å². The third kappa shape index (κ3) is 4.55. The smallest absolute Gasteiger partial charge is 0.337 e. The van der Waals surface area contributed by atoms with Gasteiger partial charge in [-0.2, -0.15) is 5.26 Å². The predicted octanol–water partition coefficient (Wildman–Crippen LogP) is 1.38. The molecule has 0 aromatic heterocycles. The number of ether oxygens (including phenoxy) is 1. The first-order valence-corrected chi connectivity index (χ1v) is 7.37. The van der Waals surface area contributed by atoms with Gasteiger partial charge in [-0.3, -0.25) is 4.79 Å². The quantitative estimate of drug-likeness (QED) is 0.495. The highest BCUT2D eigenvalue weighted by Gasteiger charge is 2.10. The first-order chi connectivity index (χ1) is 12.4. The number of hydrogen-bond donors (Lipinski definition) is 1. The van der Waals surface area contributed by atoms with Crippen LogP contribution >= 0.6 is 0 Å². The average molecular weight is 349 g/mol. The number of nitriles is 1. The van der Waals surface area contributed by atoms with E-state index in [0.29, 0.717) is 16.8 Å². The van der Waals surface area contributed by atoms with Crippen LogP contribution in [0.15, 0.2) is 54.1 Å². The largest absolute Gasteiger partial charge is 0.545 e. The molecule has 0 saturated carbocycles. The number of amides is 1. The van der Waals surface area contributed by atoms with Crippen LogP contribution in [0.25, 0.3) is 6.08 Å². The second kappa shape index (κ2) is 8.26. The summed E-state index contributed by atoms with van der Waals surface area (Å²) in [5.74, 6) is -2.46. The van der Waals surface area contributed by atoms with Crippen LogP contribution in [-0.4, -0.2) is 25.0 Å².